The van der Waals surface area contributed by atoms with Crippen LogP contribution in [0.1, 0.15) is 25.0 Å². The van der Waals surface area contributed by atoms with Gasteiger partial charge in [-0.05, 0) is 113 Å². The Hall–Kier alpha value is -6.36. The monoisotopic (exact) mass is 771 g/mol. The molecular formula is C51H38BrN3. The molecule has 0 spiro atoms. The molecule has 1 heterocycles. The quantitative estimate of drug-likeness (QED) is 0.160. The lowest BCUT2D eigenvalue weighted by Crippen LogP contribution is -2.15. The summed E-state index contributed by atoms with van der Waals surface area (Å²) in [6.45, 7) is 4.70. The molecule has 1 aliphatic carbocycles. The normalized spacial score (nSPS) is 12.8. The van der Waals surface area contributed by atoms with Crippen molar-refractivity contribution in [1.82, 2.24) is 4.57 Å². The van der Waals surface area contributed by atoms with Gasteiger partial charge in [-0.1, -0.05) is 133 Å². The molecule has 4 heteroatoms. The highest BCUT2D eigenvalue weighted by atomic mass is 79.9. The van der Waals surface area contributed by atoms with Crippen molar-refractivity contribution in [3.05, 3.63) is 210 Å². The van der Waals surface area contributed by atoms with Crippen LogP contribution in [0.3, 0.4) is 0 Å². The third kappa shape index (κ3) is 5.56. The van der Waals surface area contributed by atoms with Crippen molar-refractivity contribution >= 4 is 71.9 Å². The first-order valence-electron chi connectivity index (χ1n) is 18.8. The van der Waals surface area contributed by atoms with E-state index in [4.69, 9.17) is 0 Å². The first-order valence-corrected chi connectivity index (χ1v) is 19.6. The Morgan fingerprint density at radius 3 is 1.58 bits per heavy atom. The molecule has 10 rings (SSSR count). The SMILES string of the molecule is CC1(C)c2ccccc2-c2ccc(-n3c4ccccc4c4cc(N(c5ccccc5)c5cc(Br)cc(N(c6ccccc6)c6ccccc6)c5)ccc43)cc21. The Labute approximate surface area is 330 Å². The predicted octanol–water partition coefficient (Wildman–Crippen LogP) is 14.8. The van der Waals surface area contributed by atoms with Crippen molar-refractivity contribution in [3.63, 3.8) is 0 Å². The number of rotatable bonds is 7. The van der Waals surface area contributed by atoms with Gasteiger partial charge in [-0.25, -0.2) is 0 Å². The van der Waals surface area contributed by atoms with Gasteiger partial charge in [0.15, 0.2) is 0 Å². The van der Waals surface area contributed by atoms with Gasteiger partial charge in [-0.15, -0.1) is 0 Å². The molecule has 1 aliphatic rings. The molecule has 0 saturated heterocycles. The van der Waals surface area contributed by atoms with Gasteiger partial charge in [0.2, 0.25) is 0 Å². The van der Waals surface area contributed by atoms with Crippen molar-refractivity contribution in [2.24, 2.45) is 0 Å². The molecule has 0 radical (unpaired) electrons. The number of hydrogen-bond acceptors (Lipinski definition) is 2. The van der Waals surface area contributed by atoms with Gasteiger partial charge in [0, 0.05) is 60.5 Å². The second-order valence-electron chi connectivity index (χ2n) is 14.8. The summed E-state index contributed by atoms with van der Waals surface area (Å²) in [5.41, 5.74) is 15.4. The van der Waals surface area contributed by atoms with E-state index in [0.717, 1.165) is 38.6 Å². The molecular weight excluding hydrogens is 734 g/mol. The van der Waals surface area contributed by atoms with Gasteiger partial charge in [-0.2, -0.15) is 0 Å². The second-order valence-corrected chi connectivity index (χ2v) is 15.7. The second kappa shape index (κ2) is 13.2. The fourth-order valence-corrected chi connectivity index (χ4v) is 9.12. The largest absolute Gasteiger partial charge is 0.310 e. The van der Waals surface area contributed by atoms with E-state index in [1.807, 2.05) is 0 Å². The van der Waals surface area contributed by atoms with Crippen molar-refractivity contribution in [1.29, 1.82) is 0 Å². The molecule has 9 aromatic rings. The lowest BCUT2D eigenvalue weighted by atomic mass is 9.82. The van der Waals surface area contributed by atoms with Gasteiger partial charge < -0.3 is 14.4 Å². The third-order valence-corrected chi connectivity index (χ3v) is 11.6. The molecule has 0 amide bonds. The molecule has 3 nitrogen and oxygen atoms in total. The summed E-state index contributed by atoms with van der Waals surface area (Å²) in [7, 11) is 0. The van der Waals surface area contributed by atoms with E-state index in [9.17, 15) is 0 Å². The van der Waals surface area contributed by atoms with Crippen LogP contribution in [0.5, 0.6) is 0 Å². The summed E-state index contributed by atoms with van der Waals surface area (Å²) >= 11 is 3.92. The van der Waals surface area contributed by atoms with E-state index in [2.05, 4.69) is 238 Å². The minimum Gasteiger partial charge on any atom is -0.310 e. The van der Waals surface area contributed by atoms with Crippen LogP contribution < -0.4 is 9.80 Å². The summed E-state index contributed by atoms with van der Waals surface area (Å²) in [5, 5.41) is 2.44. The summed E-state index contributed by atoms with van der Waals surface area (Å²) in [6, 6.07) is 70.1. The zero-order valence-electron chi connectivity index (χ0n) is 30.7. The van der Waals surface area contributed by atoms with E-state index in [0.29, 0.717) is 0 Å². The van der Waals surface area contributed by atoms with E-state index in [1.165, 1.54) is 49.7 Å². The highest BCUT2D eigenvalue weighted by Gasteiger charge is 2.35. The van der Waals surface area contributed by atoms with Crippen LogP contribution in [-0.2, 0) is 5.41 Å². The van der Waals surface area contributed by atoms with Crippen molar-refractivity contribution < 1.29 is 0 Å². The topological polar surface area (TPSA) is 11.4 Å². The summed E-state index contributed by atoms with van der Waals surface area (Å²) in [5.74, 6) is 0. The molecule has 0 atom stereocenters. The molecule has 0 aliphatic heterocycles. The van der Waals surface area contributed by atoms with Gasteiger partial charge >= 0.3 is 0 Å². The first-order chi connectivity index (χ1) is 27.0. The minimum absolute atomic E-state index is 0.0799. The highest BCUT2D eigenvalue weighted by molar-refractivity contribution is 9.10. The molecule has 55 heavy (non-hydrogen) atoms. The van der Waals surface area contributed by atoms with E-state index in [-0.39, 0.29) is 5.41 Å². The standard InChI is InChI=1S/C51H38BrN3/c1-51(2)47-24-14-12-22-43(47)44-28-26-40(34-48(44)51)55-49-25-15-13-23-45(49)46-33-39(27-29-50(46)55)54(38-20-10-5-11-21-38)42-31-35(52)30-41(32-42)53(36-16-6-3-7-17-36)37-18-8-4-9-19-37/h3-34H,1-2H3. The van der Waals surface area contributed by atoms with E-state index in [1.54, 1.807) is 0 Å². The van der Waals surface area contributed by atoms with Gasteiger partial charge in [0.05, 0.1) is 11.0 Å². The molecule has 0 saturated carbocycles. The Balaban J connectivity index is 1.15. The van der Waals surface area contributed by atoms with Crippen LogP contribution in [0.4, 0.5) is 34.1 Å². The maximum atomic E-state index is 3.92. The maximum absolute atomic E-state index is 3.92. The zero-order chi connectivity index (χ0) is 37.1. The van der Waals surface area contributed by atoms with Gasteiger partial charge in [0.25, 0.3) is 0 Å². The first kappa shape index (κ1) is 33.2. The number of aromatic nitrogens is 1. The predicted molar refractivity (Wildman–Crippen MR) is 235 cm³/mol. The van der Waals surface area contributed by atoms with Gasteiger partial charge in [-0.3, -0.25) is 0 Å². The number of fused-ring (bicyclic) bond motifs is 6. The Bertz CT molecular complexity index is 2820. The summed E-state index contributed by atoms with van der Waals surface area (Å²) in [4.78, 5) is 4.67. The lowest BCUT2D eigenvalue weighted by molar-refractivity contribution is 0.660. The van der Waals surface area contributed by atoms with Crippen LogP contribution in [0.25, 0.3) is 38.6 Å². The number of halogens is 1. The number of para-hydroxylation sites is 4. The maximum Gasteiger partial charge on any atom is 0.0542 e. The third-order valence-electron chi connectivity index (χ3n) is 11.2. The van der Waals surface area contributed by atoms with Crippen LogP contribution in [0, 0.1) is 0 Å². The molecule has 0 unspecified atom stereocenters. The van der Waals surface area contributed by atoms with Crippen LogP contribution in [0.15, 0.2) is 199 Å². The lowest BCUT2D eigenvalue weighted by Gasteiger charge is -2.30. The molecule has 264 valence electrons. The molecule has 8 aromatic carbocycles. The van der Waals surface area contributed by atoms with Crippen molar-refractivity contribution in [2.75, 3.05) is 9.80 Å². The van der Waals surface area contributed by atoms with Crippen molar-refractivity contribution in [3.8, 4) is 16.8 Å². The van der Waals surface area contributed by atoms with Crippen LogP contribution >= 0.6 is 15.9 Å². The fraction of sp³-hybridized carbons (Fsp3) is 0.0588. The van der Waals surface area contributed by atoms with Crippen molar-refractivity contribution in [2.45, 2.75) is 19.3 Å². The number of anilines is 6. The average molecular weight is 773 g/mol. The van der Waals surface area contributed by atoms with Crippen LogP contribution in [0.2, 0.25) is 0 Å². The molecule has 1 aromatic heterocycles. The molecule has 0 bridgehead atoms. The summed E-state index contributed by atoms with van der Waals surface area (Å²) in [6.07, 6.45) is 0. The van der Waals surface area contributed by atoms with E-state index < -0.39 is 0 Å². The number of nitrogens with zero attached hydrogens (tertiary/aromatic N) is 3. The Kier molecular flexibility index (Phi) is 7.97. The number of benzene rings is 8. The van der Waals surface area contributed by atoms with E-state index >= 15 is 0 Å². The molecule has 0 fully saturated rings. The summed E-state index contributed by atoms with van der Waals surface area (Å²) < 4.78 is 3.44. The fourth-order valence-electron chi connectivity index (χ4n) is 8.65. The Morgan fingerprint density at radius 2 is 0.927 bits per heavy atom. The smallest absolute Gasteiger partial charge is 0.0542 e. The number of hydrogen-bond donors (Lipinski definition) is 0. The minimum atomic E-state index is -0.0799. The van der Waals surface area contributed by atoms with Gasteiger partial charge in [0.1, 0.15) is 0 Å². The van der Waals surface area contributed by atoms with Crippen LogP contribution in [-0.4, -0.2) is 4.57 Å². The average Bonchev–Trinajstić information content (AvgIpc) is 3.67. The Morgan fingerprint density at radius 1 is 0.400 bits per heavy atom. The highest BCUT2D eigenvalue weighted by Crippen LogP contribution is 2.50. The molecule has 0 N–H and O–H groups in total. The zero-order valence-corrected chi connectivity index (χ0v) is 32.3.